The second-order valence-electron chi connectivity index (χ2n) is 5.61. The standard InChI is InChI=1S/C13H19N3O3S/c1-13(2,3)19-12(18)16-6-5-8-9(7-16)14-11(20-4)15-10(8)17/h5-7H2,1-4H3,(H,14,15,17). The second kappa shape index (κ2) is 5.47. The second-order valence-corrected chi connectivity index (χ2v) is 6.38. The third-order valence-electron chi connectivity index (χ3n) is 2.86. The van der Waals surface area contributed by atoms with E-state index in [1.807, 2.05) is 27.0 Å². The van der Waals surface area contributed by atoms with E-state index in [1.54, 1.807) is 4.90 Å². The van der Waals surface area contributed by atoms with Gasteiger partial charge in [0.25, 0.3) is 0 Å². The summed E-state index contributed by atoms with van der Waals surface area (Å²) in [5.41, 5.74) is 0.900. The summed E-state index contributed by atoms with van der Waals surface area (Å²) < 4.78 is 5.35. The van der Waals surface area contributed by atoms with Gasteiger partial charge < -0.3 is 14.7 Å². The molecule has 1 aromatic heterocycles. The van der Waals surface area contributed by atoms with E-state index in [-0.39, 0.29) is 12.0 Å². The lowest BCUT2D eigenvalue weighted by molar-refractivity contribution is 0.0219. The summed E-state index contributed by atoms with van der Waals surface area (Å²) in [6.07, 6.45) is 2.02. The molecule has 0 fully saturated rings. The molecule has 0 spiro atoms. The largest absolute Gasteiger partial charge is 0.493 e. The van der Waals surface area contributed by atoms with Gasteiger partial charge in [-0.3, -0.25) is 0 Å². The smallest absolute Gasteiger partial charge is 0.410 e. The van der Waals surface area contributed by atoms with Gasteiger partial charge in [0.05, 0.1) is 12.2 Å². The molecule has 1 N–H and O–H groups in total. The van der Waals surface area contributed by atoms with E-state index in [0.717, 1.165) is 5.56 Å². The fraction of sp³-hybridized carbons (Fsp3) is 0.615. The Morgan fingerprint density at radius 3 is 2.70 bits per heavy atom. The first kappa shape index (κ1) is 14.9. The van der Waals surface area contributed by atoms with Crippen molar-refractivity contribution in [2.45, 2.75) is 44.5 Å². The fourth-order valence-electron chi connectivity index (χ4n) is 1.96. The average Bonchev–Trinajstić information content (AvgIpc) is 2.35. The highest BCUT2D eigenvalue weighted by Crippen LogP contribution is 2.27. The Kier molecular flexibility index (Phi) is 4.08. The molecule has 1 aliphatic rings. The van der Waals surface area contributed by atoms with Crippen molar-refractivity contribution in [1.82, 2.24) is 14.9 Å². The van der Waals surface area contributed by atoms with Crippen molar-refractivity contribution in [3.05, 3.63) is 11.3 Å². The number of ether oxygens (including phenoxy) is 1. The maximum absolute atomic E-state index is 12.1. The maximum atomic E-state index is 12.1. The van der Waals surface area contributed by atoms with Crippen molar-refractivity contribution >= 4 is 17.9 Å². The van der Waals surface area contributed by atoms with Gasteiger partial charge in [-0.25, -0.2) is 9.78 Å². The minimum Gasteiger partial charge on any atom is -0.493 e. The average molecular weight is 297 g/mol. The van der Waals surface area contributed by atoms with Gasteiger partial charge in [-0.15, -0.1) is 0 Å². The summed E-state index contributed by atoms with van der Waals surface area (Å²) in [7, 11) is 0. The lowest BCUT2D eigenvalue weighted by Gasteiger charge is -2.30. The highest BCUT2D eigenvalue weighted by molar-refractivity contribution is 7.98. The predicted molar refractivity (Wildman–Crippen MR) is 75.8 cm³/mol. The molecule has 7 heteroatoms. The minimum atomic E-state index is -0.518. The lowest BCUT2D eigenvalue weighted by Crippen LogP contribution is -2.40. The van der Waals surface area contributed by atoms with E-state index in [0.29, 0.717) is 30.4 Å². The van der Waals surface area contributed by atoms with Crippen LogP contribution in [0.15, 0.2) is 5.16 Å². The zero-order valence-electron chi connectivity index (χ0n) is 12.1. The Morgan fingerprint density at radius 2 is 2.10 bits per heavy atom. The van der Waals surface area contributed by atoms with Gasteiger partial charge in [-0.2, -0.15) is 4.98 Å². The van der Waals surface area contributed by atoms with Crippen LogP contribution in [0.25, 0.3) is 0 Å². The number of nitrogens with zero attached hydrogens (tertiary/aromatic N) is 3. The summed E-state index contributed by atoms with van der Waals surface area (Å²) in [6.45, 7) is 6.35. The molecule has 20 heavy (non-hydrogen) atoms. The van der Waals surface area contributed by atoms with E-state index in [1.165, 1.54) is 11.8 Å². The van der Waals surface area contributed by atoms with Crippen LogP contribution >= 0.6 is 11.8 Å². The molecule has 110 valence electrons. The van der Waals surface area contributed by atoms with Gasteiger partial charge in [0.1, 0.15) is 5.60 Å². The number of fused-ring (bicyclic) bond motifs is 1. The molecule has 2 heterocycles. The van der Waals surface area contributed by atoms with Crippen LogP contribution < -0.4 is 0 Å². The molecule has 1 aliphatic heterocycles. The van der Waals surface area contributed by atoms with E-state index in [2.05, 4.69) is 9.97 Å². The van der Waals surface area contributed by atoms with Crippen LogP contribution in [0.4, 0.5) is 4.79 Å². The third kappa shape index (κ3) is 3.33. The number of aromatic nitrogens is 2. The summed E-state index contributed by atoms with van der Waals surface area (Å²) in [5.74, 6) is 0.0168. The van der Waals surface area contributed by atoms with Crippen molar-refractivity contribution in [2.75, 3.05) is 12.8 Å². The van der Waals surface area contributed by atoms with Gasteiger partial charge in [0.15, 0.2) is 5.16 Å². The first-order chi connectivity index (χ1) is 9.30. The Hall–Kier alpha value is -1.50. The van der Waals surface area contributed by atoms with Crippen molar-refractivity contribution in [2.24, 2.45) is 0 Å². The zero-order chi connectivity index (χ0) is 14.9. The zero-order valence-corrected chi connectivity index (χ0v) is 13.0. The minimum absolute atomic E-state index is 0.0168. The van der Waals surface area contributed by atoms with Crippen LogP contribution in [0.1, 0.15) is 32.0 Å². The molecule has 2 rings (SSSR count). The third-order valence-corrected chi connectivity index (χ3v) is 3.40. The Bertz CT molecular complexity index is 528. The molecule has 1 amide bonds. The molecule has 6 nitrogen and oxygen atoms in total. The Morgan fingerprint density at radius 1 is 1.40 bits per heavy atom. The summed E-state index contributed by atoms with van der Waals surface area (Å²) in [5, 5.41) is 10.4. The molecule has 0 saturated heterocycles. The number of amides is 1. The number of rotatable bonds is 1. The molecule has 0 saturated carbocycles. The van der Waals surface area contributed by atoms with E-state index < -0.39 is 5.60 Å². The Balaban J connectivity index is 2.18. The highest BCUT2D eigenvalue weighted by atomic mass is 32.2. The van der Waals surface area contributed by atoms with Crippen molar-refractivity contribution in [3.63, 3.8) is 0 Å². The van der Waals surface area contributed by atoms with Crippen LogP contribution in [0, 0.1) is 0 Å². The molecule has 0 unspecified atom stereocenters. The molecule has 0 aliphatic carbocycles. The van der Waals surface area contributed by atoms with Crippen LogP contribution in [0.3, 0.4) is 0 Å². The van der Waals surface area contributed by atoms with E-state index >= 15 is 0 Å². The van der Waals surface area contributed by atoms with Gasteiger partial charge in [0.2, 0.25) is 5.88 Å². The van der Waals surface area contributed by atoms with Crippen LogP contribution in [0.5, 0.6) is 5.88 Å². The topological polar surface area (TPSA) is 75.6 Å². The normalized spacial score (nSPS) is 14.9. The fourth-order valence-corrected chi connectivity index (χ4v) is 2.34. The molecule has 1 aromatic rings. The molecule has 0 aromatic carbocycles. The molecular formula is C13H19N3O3S. The first-order valence-electron chi connectivity index (χ1n) is 6.41. The van der Waals surface area contributed by atoms with Crippen molar-refractivity contribution in [1.29, 1.82) is 0 Å². The maximum Gasteiger partial charge on any atom is 0.410 e. The predicted octanol–water partition coefficient (Wildman–Crippen LogP) is 2.20. The number of hydrogen-bond donors (Lipinski definition) is 1. The number of carbonyl (C=O) groups is 1. The van der Waals surface area contributed by atoms with Gasteiger partial charge in [-0.05, 0) is 33.4 Å². The summed E-state index contributed by atoms with van der Waals surface area (Å²) in [4.78, 5) is 22.0. The van der Waals surface area contributed by atoms with Crippen LogP contribution in [-0.2, 0) is 17.7 Å². The quantitative estimate of drug-likeness (QED) is 0.632. The number of hydrogen-bond acceptors (Lipinski definition) is 6. The lowest BCUT2D eigenvalue weighted by atomic mass is 10.1. The van der Waals surface area contributed by atoms with Crippen LogP contribution in [0.2, 0.25) is 0 Å². The summed E-state index contributed by atoms with van der Waals surface area (Å²) in [6, 6.07) is 0. The molecular weight excluding hydrogens is 278 g/mol. The van der Waals surface area contributed by atoms with Gasteiger partial charge >= 0.3 is 6.09 Å². The Labute approximate surface area is 122 Å². The SMILES string of the molecule is CSc1nc(O)c2c(n1)CN(C(=O)OC(C)(C)C)CC2. The number of aromatic hydroxyl groups is 1. The molecule has 0 bridgehead atoms. The first-order valence-corrected chi connectivity index (χ1v) is 7.63. The number of carbonyl (C=O) groups excluding carboxylic acids is 1. The van der Waals surface area contributed by atoms with Crippen molar-refractivity contribution in [3.8, 4) is 5.88 Å². The van der Waals surface area contributed by atoms with Crippen molar-refractivity contribution < 1.29 is 14.6 Å². The molecule has 0 radical (unpaired) electrons. The number of thioether (sulfide) groups is 1. The van der Waals surface area contributed by atoms with E-state index in [4.69, 9.17) is 4.74 Å². The van der Waals surface area contributed by atoms with Gasteiger partial charge in [0, 0.05) is 12.1 Å². The van der Waals surface area contributed by atoms with E-state index in [9.17, 15) is 9.90 Å². The monoisotopic (exact) mass is 297 g/mol. The van der Waals surface area contributed by atoms with Gasteiger partial charge in [-0.1, -0.05) is 11.8 Å². The molecule has 0 atom stereocenters. The van der Waals surface area contributed by atoms with Crippen LogP contribution in [-0.4, -0.2) is 44.5 Å². The summed E-state index contributed by atoms with van der Waals surface area (Å²) >= 11 is 1.36. The highest BCUT2D eigenvalue weighted by Gasteiger charge is 2.28.